The van der Waals surface area contributed by atoms with Crippen molar-refractivity contribution in [2.24, 2.45) is 0 Å². The van der Waals surface area contributed by atoms with Gasteiger partial charge in [0.1, 0.15) is 22.9 Å². The van der Waals surface area contributed by atoms with Crippen LogP contribution in [0, 0.1) is 6.92 Å². The highest BCUT2D eigenvalue weighted by molar-refractivity contribution is 5.89. The van der Waals surface area contributed by atoms with Crippen molar-refractivity contribution >= 4 is 16.8 Å². The van der Waals surface area contributed by atoms with Gasteiger partial charge < -0.3 is 9.84 Å². The van der Waals surface area contributed by atoms with Crippen LogP contribution in [0.4, 0.5) is 0 Å². The van der Waals surface area contributed by atoms with E-state index in [4.69, 9.17) is 14.7 Å². The zero-order chi connectivity index (χ0) is 17.4. The summed E-state index contributed by atoms with van der Waals surface area (Å²) in [7, 11) is 0. The number of fused-ring (bicyclic) bond motifs is 4. The van der Waals surface area contributed by atoms with Gasteiger partial charge in [0.2, 0.25) is 0 Å². The number of phenolic OH excluding ortho intramolecular Hbond substituents is 1. The van der Waals surface area contributed by atoms with E-state index in [1.807, 2.05) is 37.3 Å². The summed E-state index contributed by atoms with van der Waals surface area (Å²) in [6, 6.07) is 11.4. The highest BCUT2D eigenvalue weighted by Crippen LogP contribution is 2.45. The smallest absolute Gasteiger partial charge is 0.151 e. The molecule has 1 aromatic heterocycles. The van der Waals surface area contributed by atoms with E-state index in [-0.39, 0.29) is 5.75 Å². The highest BCUT2D eigenvalue weighted by atomic mass is 16.5. The molecule has 0 atom stereocenters. The van der Waals surface area contributed by atoms with Gasteiger partial charge in [-0.2, -0.15) is 0 Å². The molecule has 1 N–H and O–H groups in total. The first-order chi connectivity index (χ1) is 12.2. The van der Waals surface area contributed by atoms with E-state index < -0.39 is 0 Å². The minimum atomic E-state index is 0.226. The number of unbranched alkanes of at least 4 members (excludes halogenated alkanes) is 2. The van der Waals surface area contributed by atoms with Crippen LogP contribution in [0.25, 0.3) is 28.0 Å². The third-order valence-corrected chi connectivity index (χ3v) is 4.54. The second-order valence-corrected chi connectivity index (χ2v) is 6.31. The lowest BCUT2D eigenvalue weighted by Crippen LogP contribution is -2.10. The standard InChI is InChI=1S/C21H20N2O2/c1-3-4-5-10-18-20-19(22-15-8-6-7-9-16(15)23-20)14-11-12-17(24)13(2)21(14)25-18/h6-12,24H,3-5H2,1-2H3/b18-10-. The third kappa shape index (κ3) is 2.64. The summed E-state index contributed by atoms with van der Waals surface area (Å²) in [5.74, 6) is 1.62. The highest BCUT2D eigenvalue weighted by Gasteiger charge is 2.27. The number of para-hydroxylation sites is 2. The first-order valence-corrected chi connectivity index (χ1v) is 8.67. The van der Waals surface area contributed by atoms with Gasteiger partial charge >= 0.3 is 0 Å². The van der Waals surface area contributed by atoms with Crippen molar-refractivity contribution in [3.63, 3.8) is 0 Å². The molecule has 0 bridgehead atoms. The Kier molecular flexibility index (Phi) is 3.88. The maximum Gasteiger partial charge on any atom is 0.151 e. The van der Waals surface area contributed by atoms with Crippen LogP contribution in [0.2, 0.25) is 0 Å². The summed E-state index contributed by atoms with van der Waals surface area (Å²) in [6.45, 7) is 4.02. The number of allylic oxidation sites excluding steroid dienone is 1. The molecule has 0 unspecified atom stereocenters. The van der Waals surface area contributed by atoms with Crippen LogP contribution in [0.3, 0.4) is 0 Å². The van der Waals surface area contributed by atoms with Gasteiger partial charge in [-0.05, 0) is 50.1 Å². The molecule has 4 rings (SSSR count). The normalized spacial score (nSPS) is 14.2. The Hall–Kier alpha value is -2.88. The fraction of sp³-hybridized carbons (Fsp3) is 0.238. The van der Waals surface area contributed by atoms with Gasteiger partial charge in [-0.3, -0.25) is 0 Å². The van der Waals surface area contributed by atoms with Gasteiger partial charge in [0.15, 0.2) is 5.76 Å². The van der Waals surface area contributed by atoms with E-state index in [2.05, 4.69) is 13.0 Å². The van der Waals surface area contributed by atoms with Crippen LogP contribution >= 0.6 is 0 Å². The van der Waals surface area contributed by atoms with Gasteiger partial charge in [-0.15, -0.1) is 0 Å². The van der Waals surface area contributed by atoms with Gasteiger partial charge in [-0.25, -0.2) is 9.97 Å². The summed E-state index contributed by atoms with van der Waals surface area (Å²) in [4.78, 5) is 9.65. The lowest BCUT2D eigenvalue weighted by molar-refractivity contribution is 0.455. The Balaban J connectivity index is 1.97. The number of benzene rings is 2. The van der Waals surface area contributed by atoms with E-state index in [1.54, 1.807) is 6.07 Å². The lowest BCUT2D eigenvalue weighted by atomic mass is 9.99. The molecule has 4 heteroatoms. The number of aromatic hydroxyl groups is 1. The first-order valence-electron chi connectivity index (χ1n) is 8.67. The van der Waals surface area contributed by atoms with Crippen molar-refractivity contribution in [2.75, 3.05) is 0 Å². The average molecular weight is 332 g/mol. The number of rotatable bonds is 3. The summed E-state index contributed by atoms with van der Waals surface area (Å²) in [5, 5.41) is 10.1. The molecule has 126 valence electrons. The molecule has 0 saturated heterocycles. The van der Waals surface area contributed by atoms with Crippen LogP contribution in [-0.2, 0) is 0 Å². The lowest BCUT2D eigenvalue weighted by Gasteiger charge is -2.23. The Morgan fingerprint density at radius 3 is 2.48 bits per heavy atom. The minimum absolute atomic E-state index is 0.226. The third-order valence-electron chi connectivity index (χ3n) is 4.54. The molecule has 0 fully saturated rings. The van der Waals surface area contributed by atoms with Crippen molar-refractivity contribution < 1.29 is 9.84 Å². The molecule has 0 aliphatic carbocycles. The molecule has 1 aliphatic rings. The van der Waals surface area contributed by atoms with Gasteiger partial charge in [-0.1, -0.05) is 25.5 Å². The SMILES string of the molecule is CCCC/C=C1\Oc2c(ccc(O)c2C)-c2nc3ccccc3nc21. The predicted molar refractivity (Wildman–Crippen MR) is 99.5 cm³/mol. The topological polar surface area (TPSA) is 55.2 Å². The average Bonchev–Trinajstić information content (AvgIpc) is 2.63. The van der Waals surface area contributed by atoms with Gasteiger partial charge in [0, 0.05) is 11.1 Å². The van der Waals surface area contributed by atoms with Crippen LogP contribution < -0.4 is 4.74 Å². The van der Waals surface area contributed by atoms with E-state index in [1.165, 1.54) is 0 Å². The number of hydrogen-bond donors (Lipinski definition) is 1. The molecule has 2 aromatic carbocycles. The van der Waals surface area contributed by atoms with E-state index in [9.17, 15) is 5.11 Å². The zero-order valence-corrected chi connectivity index (χ0v) is 14.4. The molecular weight excluding hydrogens is 312 g/mol. The van der Waals surface area contributed by atoms with E-state index in [0.29, 0.717) is 5.75 Å². The Morgan fingerprint density at radius 1 is 1.04 bits per heavy atom. The van der Waals surface area contributed by atoms with Crippen LogP contribution in [0.15, 0.2) is 42.5 Å². The molecular formula is C21H20N2O2. The maximum absolute atomic E-state index is 10.1. The minimum Gasteiger partial charge on any atom is -0.508 e. The summed E-state index contributed by atoms with van der Waals surface area (Å²) in [5.41, 5.74) is 4.88. The van der Waals surface area contributed by atoms with Crippen molar-refractivity contribution in [2.45, 2.75) is 33.1 Å². The fourth-order valence-corrected chi connectivity index (χ4v) is 3.09. The van der Waals surface area contributed by atoms with Crippen molar-refractivity contribution in [3.05, 3.63) is 53.7 Å². The van der Waals surface area contributed by atoms with Crippen LogP contribution in [-0.4, -0.2) is 15.1 Å². The molecule has 1 aliphatic heterocycles. The van der Waals surface area contributed by atoms with E-state index >= 15 is 0 Å². The van der Waals surface area contributed by atoms with Crippen molar-refractivity contribution in [1.29, 1.82) is 0 Å². The quantitative estimate of drug-likeness (QED) is 0.667. The Morgan fingerprint density at radius 2 is 1.76 bits per heavy atom. The van der Waals surface area contributed by atoms with Crippen LogP contribution in [0.5, 0.6) is 11.5 Å². The van der Waals surface area contributed by atoms with Crippen molar-refractivity contribution in [3.8, 4) is 22.8 Å². The van der Waals surface area contributed by atoms with Gasteiger partial charge in [0.25, 0.3) is 0 Å². The fourth-order valence-electron chi connectivity index (χ4n) is 3.09. The predicted octanol–water partition coefficient (Wildman–Crippen LogP) is 5.23. The number of ether oxygens (including phenoxy) is 1. The second kappa shape index (κ2) is 6.20. The first kappa shape index (κ1) is 15.6. The number of aromatic nitrogens is 2. The molecule has 2 heterocycles. The van der Waals surface area contributed by atoms with Gasteiger partial charge in [0.05, 0.1) is 11.0 Å². The molecule has 4 nitrogen and oxygen atoms in total. The van der Waals surface area contributed by atoms with Crippen LogP contribution in [0.1, 0.15) is 37.4 Å². The monoisotopic (exact) mass is 332 g/mol. The Labute approximate surface area is 146 Å². The molecule has 0 saturated carbocycles. The zero-order valence-electron chi connectivity index (χ0n) is 14.4. The largest absolute Gasteiger partial charge is 0.508 e. The molecule has 0 amide bonds. The molecule has 25 heavy (non-hydrogen) atoms. The number of hydrogen-bond acceptors (Lipinski definition) is 4. The summed E-state index contributed by atoms with van der Waals surface area (Å²) < 4.78 is 6.16. The number of nitrogens with zero attached hydrogens (tertiary/aromatic N) is 2. The second-order valence-electron chi connectivity index (χ2n) is 6.31. The van der Waals surface area contributed by atoms with Crippen molar-refractivity contribution in [1.82, 2.24) is 9.97 Å². The number of phenols is 1. The van der Waals surface area contributed by atoms with E-state index in [0.717, 1.165) is 58.6 Å². The molecule has 0 radical (unpaired) electrons. The summed E-state index contributed by atoms with van der Waals surface area (Å²) in [6.07, 6.45) is 5.22. The summed E-state index contributed by atoms with van der Waals surface area (Å²) >= 11 is 0. The maximum atomic E-state index is 10.1. The molecule has 0 spiro atoms. The molecule has 3 aromatic rings. The Bertz CT molecular complexity index is 993.